The van der Waals surface area contributed by atoms with Gasteiger partial charge < -0.3 is 16.5 Å². The number of nitrogens with two attached hydrogens (primary N) is 2. The Bertz CT molecular complexity index is 604. The first-order valence-corrected chi connectivity index (χ1v) is 4.90. The lowest BCUT2D eigenvalue weighted by molar-refractivity contribution is 0.100. The number of hydrogen-bond acceptors (Lipinski definition) is 3. The lowest BCUT2D eigenvalue weighted by Gasteiger charge is -1.97. The second-order valence-electron chi connectivity index (χ2n) is 3.56. The van der Waals surface area contributed by atoms with E-state index in [4.69, 9.17) is 16.7 Å². The van der Waals surface area contributed by atoms with Crippen molar-refractivity contribution in [3.8, 4) is 17.3 Å². The van der Waals surface area contributed by atoms with Gasteiger partial charge in [-0.2, -0.15) is 5.26 Å². The molecule has 0 aliphatic heterocycles. The number of nitrogens with zero attached hydrogens (tertiary/aromatic N) is 1. The Kier molecular flexibility index (Phi) is 2.55. The summed E-state index contributed by atoms with van der Waals surface area (Å²) in [6.07, 6.45) is 0. The molecule has 0 saturated heterocycles. The van der Waals surface area contributed by atoms with Crippen LogP contribution in [0.1, 0.15) is 15.9 Å². The lowest BCUT2D eigenvalue weighted by Crippen LogP contribution is -2.11. The Hall–Kier alpha value is -2.74. The number of aromatic amines is 1. The van der Waals surface area contributed by atoms with Crippen molar-refractivity contribution in [3.05, 3.63) is 41.5 Å². The number of nitriles is 1. The molecule has 0 fully saturated rings. The Labute approximate surface area is 97.7 Å². The highest BCUT2D eigenvalue weighted by molar-refractivity contribution is 5.98. The summed E-state index contributed by atoms with van der Waals surface area (Å²) < 4.78 is 0. The quantitative estimate of drug-likeness (QED) is 0.716. The van der Waals surface area contributed by atoms with E-state index in [-0.39, 0.29) is 11.4 Å². The minimum Gasteiger partial charge on any atom is -0.385 e. The minimum atomic E-state index is -0.571. The normalized spacial score (nSPS) is 9.82. The number of amides is 1. The number of rotatable bonds is 2. The summed E-state index contributed by atoms with van der Waals surface area (Å²) in [5, 5.41) is 8.68. The molecule has 5 nitrogen and oxygen atoms in total. The smallest absolute Gasteiger partial charge is 0.252 e. The zero-order valence-corrected chi connectivity index (χ0v) is 8.90. The fourth-order valence-electron chi connectivity index (χ4n) is 1.55. The number of primary amides is 1. The van der Waals surface area contributed by atoms with Gasteiger partial charge in [-0.15, -0.1) is 0 Å². The number of nitrogens with one attached hydrogen (secondary N) is 1. The predicted octanol–water partition coefficient (Wildman–Crippen LogP) is 1.23. The van der Waals surface area contributed by atoms with E-state index < -0.39 is 5.91 Å². The van der Waals surface area contributed by atoms with E-state index in [9.17, 15) is 4.79 Å². The van der Waals surface area contributed by atoms with Gasteiger partial charge >= 0.3 is 0 Å². The Balaban J connectivity index is 2.43. The van der Waals surface area contributed by atoms with Gasteiger partial charge in [0.05, 0.1) is 17.2 Å². The number of carbonyl (C=O) groups excluding carboxylic acids is 1. The molecular weight excluding hydrogens is 216 g/mol. The first-order chi connectivity index (χ1) is 8.11. The number of H-pyrrole nitrogens is 1. The summed E-state index contributed by atoms with van der Waals surface area (Å²) in [6, 6.07) is 10.6. The fraction of sp³-hybridized carbons (Fsp3) is 0. The van der Waals surface area contributed by atoms with Crippen molar-refractivity contribution in [2.75, 3.05) is 5.73 Å². The third-order valence-electron chi connectivity index (χ3n) is 2.44. The average Bonchev–Trinajstić information content (AvgIpc) is 2.71. The van der Waals surface area contributed by atoms with E-state index in [1.54, 1.807) is 30.3 Å². The molecule has 0 unspecified atom stereocenters. The fourth-order valence-corrected chi connectivity index (χ4v) is 1.55. The maximum Gasteiger partial charge on any atom is 0.252 e. The minimum absolute atomic E-state index is 0.247. The van der Waals surface area contributed by atoms with Crippen molar-refractivity contribution in [3.63, 3.8) is 0 Å². The van der Waals surface area contributed by atoms with Crippen molar-refractivity contribution in [2.45, 2.75) is 0 Å². The van der Waals surface area contributed by atoms with Crippen molar-refractivity contribution in [2.24, 2.45) is 5.73 Å². The van der Waals surface area contributed by atoms with Crippen LogP contribution in [0.2, 0.25) is 0 Å². The van der Waals surface area contributed by atoms with Gasteiger partial charge in [0.15, 0.2) is 0 Å². The number of benzene rings is 1. The molecular formula is C12H10N4O. The molecule has 0 spiro atoms. The zero-order chi connectivity index (χ0) is 12.4. The number of hydrogen-bond donors (Lipinski definition) is 3. The van der Waals surface area contributed by atoms with Crippen LogP contribution < -0.4 is 11.5 Å². The number of aromatic nitrogens is 1. The Morgan fingerprint density at radius 3 is 2.41 bits per heavy atom. The highest BCUT2D eigenvalue weighted by Gasteiger charge is 2.11. The van der Waals surface area contributed by atoms with Crippen LogP contribution in [0.25, 0.3) is 11.3 Å². The molecule has 2 aromatic rings. The molecule has 5 N–H and O–H groups in total. The number of carbonyl (C=O) groups is 1. The third-order valence-corrected chi connectivity index (χ3v) is 2.44. The highest BCUT2D eigenvalue weighted by atomic mass is 16.1. The zero-order valence-electron chi connectivity index (χ0n) is 8.90. The molecule has 1 heterocycles. The molecule has 17 heavy (non-hydrogen) atoms. The van der Waals surface area contributed by atoms with Gasteiger partial charge in [-0.3, -0.25) is 4.79 Å². The summed E-state index contributed by atoms with van der Waals surface area (Å²) in [6.45, 7) is 0. The Morgan fingerprint density at radius 1 is 1.29 bits per heavy atom. The summed E-state index contributed by atoms with van der Waals surface area (Å²) in [5.41, 5.74) is 13.2. The highest BCUT2D eigenvalue weighted by Crippen LogP contribution is 2.23. The SMILES string of the molecule is N#Cc1ccc(-c2cc(C(N)=O)c(N)[nH]2)cc1. The van der Waals surface area contributed by atoms with Crippen LogP contribution in [0.15, 0.2) is 30.3 Å². The van der Waals surface area contributed by atoms with Crippen LogP contribution in [0, 0.1) is 11.3 Å². The summed E-state index contributed by atoms with van der Waals surface area (Å²) >= 11 is 0. The van der Waals surface area contributed by atoms with Crippen LogP contribution in [0.4, 0.5) is 5.82 Å². The van der Waals surface area contributed by atoms with Crippen LogP contribution >= 0.6 is 0 Å². The Morgan fingerprint density at radius 2 is 1.94 bits per heavy atom. The maximum atomic E-state index is 11.0. The molecule has 0 atom stereocenters. The van der Waals surface area contributed by atoms with E-state index >= 15 is 0 Å². The summed E-state index contributed by atoms with van der Waals surface area (Å²) in [5.74, 6) is -0.324. The van der Waals surface area contributed by atoms with Gasteiger partial charge in [0.2, 0.25) is 0 Å². The molecule has 0 aliphatic carbocycles. The van der Waals surface area contributed by atoms with Gasteiger partial charge in [-0.25, -0.2) is 0 Å². The molecule has 0 radical (unpaired) electrons. The molecule has 2 rings (SSSR count). The van der Waals surface area contributed by atoms with Gasteiger partial charge in [-0.1, -0.05) is 12.1 Å². The molecule has 84 valence electrons. The monoisotopic (exact) mass is 226 g/mol. The summed E-state index contributed by atoms with van der Waals surface area (Å²) in [7, 11) is 0. The van der Waals surface area contributed by atoms with Crippen LogP contribution in [-0.2, 0) is 0 Å². The molecule has 1 aromatic carbocycles. The van der Waals surface area contributed by atoms with E-state index in [0.29, 0.717) is 11.3 Å². The second kappa shape index (κ2) is 4.02. The molecule has 1 amide bonds. The molecule has 0 saturated carbocycles. The van der Waals surface area contributed by atoms with E-state index in [1.165, 1.54) is 0 Å². The topological polar surface area (TPSA) is 109 Å². The van der Waals surface area contributed by atoms with Crippen molar-refractivity contribution in [1.82, 2.24) is 4.98 Å². The second-order valence-corrected chi connectivity index (χ2v) is 3.56. The maximum absolute atomic E-state index is 11.0. The van der Waals surface area contributed by atoms with E-state index in [0.717, 1.165) is 5.56 Å². The molecule has 0 aliphatic rings. The van der Waals surface area contributed by atoms with E-state index in [1.807, 2.05) is 6.07 Å². The van der Waals surface area contributed by atoms with Gasteiger partial charge in [-0.05, 0) is 23.8 Å². The van der Waals surface area contributed by atoms with E-state index in [2.05, 4.69) is 4.98 Å². The van der Waals surface area contributed by atoms with Gasteiger partial charge in [0.25, 0.3) is 5.91 Å². The third kappa shape index (κ3) is 1.96. The van der Waals surface area contributed by atoms with Crippen LogP contribution in [0.3, 0.4) is 0 Å². The lowest BCUT2D eigenvalue weighted by atomic mass is 10.1. The molecule has 0 bridgehead atoms. The van der Waals surface area contributed by atoms with Crippen LogP contribution in [0.5, 0.6) is 0 Å². The van der Waals surface area contributed by atoms with Gasteiger partial charge in [0, 0.05) is 5.69 Å². The van der Waals surface area contributed by atoms with Gasteiger partial charge in [0.1, 0.15) is 5.82 Å². The summed E-state index contributed by atoms with van der Waals surface area (Å²) in [4.78, 5) is 13.9. The van der Waals surface area contributed by atoms with Crippen LogP contribution in [-0.4, -0.2) is 10.9 Å². The number of anilines is 1. The molecule has 5 heteroatoms. The largest absolute Gasteiger partial charge is 0.385 e. The first-order valence-electron chi connectivity index (χ1n) is 4.90. The number of nitrogen functional groups attached to an aromatic ring is 1. The van der Waals surface area contributed by atoms with Crippen molar-refractivity contribution < 1.29 is 4.79 Å². The average molecular weight is 226 g/mol. The van der Waals surface area contributed by atoms with Crippen molar-refractivity contribution in [1.29, 1.82) is 5.26 Å². The first kappa shape index (κ1) is 10.8. The van der Waals surface area contributed by atoms with Crippen molar-refractivity contribution >= 4 is 11.7 Å². The predicted molar refractivity (Wildman–Crippen MR) is 63.9 cm³/mol. The standard InChI is InChI=1S/C12H10N4O/c13-6-7-1-3-8(4-2-7)10-5-9(12(15)17)11(14)16-10/h1-5,16H,14H2,(H2,15,17). The molecule has 1 aromatic heterocycles.